The Morgan fingerprint density at radius 3 is 2.91 bits per heavy atom. The second-order valence-corrected chi connectivity index (χ2v) is 5.71. The standard InChI is InChI=1S/C16H21ClN2O4/c1-3-23-15-12(17)6-10(7-13(15)22-2)9-19-16(21)11-4-5-18-14(20)8-11/h6-7,11H,3-5,8-9H2,1-2H3,(H,18,20)(H,19,21). The van der Waals surface area contributed by atoms with E-state index < -0.39 is 0 Å². The molecule has 1 heterocycles. The minimum Gasteiger partial charge on any atom is -0.493 e. The van der Waals surface area contributed by atoms with E-state index in [-0.39, 0.29) is 24.2 Å². The van der Waals surface area contributed by atoms with Crippen LogP contribution in [0, 0.1) is 5.92 Å². The zero-order valence-corrected chi connectivity index (χ0v) is 14.0. The van der Waals surface area contributed by atoms with Crippen LogP contribution in [0.1, 0.15) is 25.3 Å². The van der Waals surface area contributed by atoms with Crippen LogP contribution in [0.15, 0.2) is 12.1 Å². The number of rotatable bonds is 6. The SMILES string of the molecule is CCOc1c(Cl)cc(CNC(=O)C2CCNC(=O)C2)cc1OC. The highest BCUT2D eigenvalue weighted by molar-refractivity contribution is 6.32. The molecule has 2 rings (SSSR count). The average molecular weight is 341 g/mol. The van der Waals surface area contributed by atoms with Gasteiger partial charge in [0, 0.05) is 25.4 Å². The van der Waals surface area contributed by atoms with Gasteiger partial charge in [0.05, 0.1) is 18.7 Å². The molecule has 1 aliphatic heterocycles. The van der Waals surface area contributed by atoms with Crippen LogP contribution in [0.25, 0.3) is 0 Å². The molecule has 23 heavy (non-hydrogen) atoms. The number of carbonyl (C=O) groups is 2. The van der Waals surface area contributed by atoms with E-state index in [1.807, 2.05) is 6.92 Å². The van der Waals surface area contributed by atoms with E-state index in [9.17, 15) is 9.59 Å². The summed E-state index contributed by atoms with van der Waals surface area (Å²) in [5, 5.41) is 6.00. The first kappa shape index (κ1) is 17.4. The number of benzene rings is 1. The van der Waals surface area contributed by atoms with Crippen LogP contribution in [-0.4, -0.2) is 32.1 Å². The summed E-state index contributed by atoms with van der Waals surface area (Å²) in [7, 11) is 1.54. The number of methoxy groups -OCH3 is 1. The van der Waals surface area contributed by atoms with Crippen molar-refractivity contribution in [3.8, 4) is 11.5 Å². The predicted molar refractivity (Wildman–Crippen MR) is 86.8 cm³/mol. The minimum absolute atomic E-state index is 0.0813. The molecule has 126 valence electrons. The van der Waals surface area contributed by atoms with Crippen molar-refractivity contribution in [2.45, 2.75) is 26.3 Å². The monoisotopic (exact) mass is 340 g/mol. The summed E-state index contributed by atoms with van der Waals surface area (Å²) < 4.78 is 10.7. The number of piperidine rings is 1. The third-order valence-electron chi connectivity index (χ3n) is 3.66. The molecule has 1 atom stereocenters. The largest absolute Gasteiger partial charge is 0.493 e. The lowest BCUT2D eigenvalue weighted by Crippen LogP contribution is -2.40. The molecule has 6 nitrogen and oxygen atoms in total. The number of hydrogen-bond donors (Lipinski definition) is 2. The number of ether oxygens (including phenoxy) is 2. The molecule has 1 fully saturated rings. The Hall–Kier alpha value is -1.95. The summed E-state index contributed by atoms with van der Waals surface area (Å²) in [4.78, 5) is 23.5. The van der Waals surface area contributed by atoms with Crippen molar-refractivity contribution in [2.75, 3.05) is 20.3 Å². The normalized spacial score (nSPS) is 17.3. The van der Waals surface area contributed by atoms with Gasteiger partial charge in [0.2, 0.25) is 11.8 Å². The molecule has 1 aliphatic rings. The van der Waals surface area contributed by atoms with Gasteiger partial charge in [0.25, 0.3) is 0 Å². The van der Waals surface area contributed by atoms with E-state index in [2.05, 4.69) is 10.6 Å². The van der Waals surface area contributed by atoms with E-state index in [0.29, 0.717) is 42.6 Å². The minimum atomic E-state index is -0.274. The molecule has 0 aliphatic carbocycles. The lowest BCUT2D eigenvalue weighted by Gasteiger charge is -2.21. The van der Waals surface area contributed by atoms with Crippen molar-refractivity contribution in [1.29, 1.82) is 0 Å². The molecule has 1 saturated heterocycles. The van der Waals surface area contributed by atoms with Crippen LogP contribution in [0.5, 0.6) is 11.5 Å². The van der Waals surface area contributed by atoms with Crippen LogP contribution in [0.2, 0.25) is 5.02 Å². The van der Waals surface area contributed by atoms with Crippen LogP contribution in [-0.2, 0) is 16.1 Å². The molecular formula is C16H21ClN2O4. The van der Waals surface area contributed by atoms with Crippen LogP contribution in [0.4, 0.5) is 0 Å². The second-order valence-electron chi connectivity index (χ2n) is 5.30. The molecule has 7 heteroatoms. The predicted octanol–water partition coefficient (Wildman–Crippen LogP) is 1.89. The molecule has 1 unspecified atom stereocenters. The number of halogens is 1. The van der Waals surface area contributed by atoms with Gasteiger partial charge in [-0.1, -0.05) is 11.6 Å². The van der Waals surface area contributed by atoms with Crippen LogP contribution >= 0.6 is 11.6 Å². The molecule has 2 N–H and O–H groups in total. The van der Waals surface area contributed by atoms with E-state index in [1.54, 1.807) is 12.1 Å². The summed E-state index contributed by atoms with van der Waals surface area (Å²) in [5.41, 5.74) is 0.809. The maximum absolute atomic E-state index is 12.1. The van der Waals surface area contributed by atoms with E-state index >= 15 is 0 Å². The molecule has 1 aromatic rings. The van der Waals surface area contributed by atoms with Crippen molar-refractivity contribution < 1.29 is 19.1 Å². The summed E-state index contributed by atoms with van der Waals surface area (Å²) >= 11 is 6.20. The first-order valence-electron chi connectivity index (χ1n) is 7.58. The molecule has 0 spiro atoms. The van der Waals surface area contributed by atoms with Crippen molar-refractivity contribution in [3.05, 3.63) is 22.7 Å². The highest BCUT2D eigenvalue weighted by atomic mass is 35.5. The van der Waals surface area contributed by atoms with Gasteiger partial charge in [0.15, 0.2) is 11.5 Å². The van der Waals surface area contributed by atoms with E-state index in [1.165, 1.54) is 7.11 Å². The van der Waals surface area contributed by atoms with Crippen LogP contribution < -0.4 is 20.1 Å². The topological polar surface area (TPSA) is 76.7 Å². The Balaban J connectivity index is 2.01. The smallest absolute Gasteiger partial charge is 0.223 e. The Kier molecular flexibility index (Phi) is 6.10. The van der Waals surface area contributed by atoms with Crippen molar-refractivity contribution >= 4 is 23.4 Å². The highest BCUT2D eigenvalue weighted by Crippen LogP contribution is 2.36. The summed E-state index contributed by atoms with van der Waals surface area (Å²) in [6, 6.07) is 3.52. The summed E-state index contributed by atoms with van der Waals surface area (Å²) in [6.07, 6.45) is 0.893. The Labute approximate surface area is 140 Å². The lowest BCUT2D eigenvalue weighted by atomic mass is 9.96. The van der Waals surface area contributed by atoms with Gasteiger partial charge < -0.3 is 20.1 Å². The highest BCUT2D eigenvalue weighted by Gasteiger charge is 2.25. The molecule has 0 radical (unpaired) electrons. The summed E-state index contributed by atoms with van der Waals surface area (Å²) in [6.45, 7) is 3.21. The maximum atomic E-state index is 12.1. The van der Waals surface area contributed by atoms with Crippen LogP contribution in [0.3, 0.4) is 0 Å². The molecule has 0 bridgehead atoms. The molecular weight excluding hydrogens is 320 g/mol. The maximum Gasteiger partial charge on any atom is 0.223 e. The van der Waals surface area contributed by atoms with Gasteiger partial charge in [-0.2, -0.15) is 0 Å². The van der Waals surface area contributed by atoms with Crippen molar-refractivity contribution in [3.63, 3.8) is 0 Å². The fraction of sp³-hybridized carbons (Fsp3) is 0.500. The molecule has 0 aromatic heterocycles. The molecule has 2 amide bonds. The number of amides is 2. The first-order valence-corrected chi connectivity index (χ1v) is 7.96. The van der Waals surface area contributed by atoms with E-state index in [4.69, 9.17) is 21.1 Å². The van der Waals surface area contributed by atoms with Gasteiger partial charge in [-0.3, -0.25) is 9.59 Å². The second kappa shape index (κ2) is 8.06. The Bertz CT molecular complexity index is 592. The third kappa shape index (κ3) is 4.51. The number of hydrogen-bond acceptors (Lipinski definition) is 4. The molecule has 1 aromatic carbocycles. The van der Waals surface area contributed by atoms with Gasteiger partial charge >= 0.3 is 0 Å². The first-order chi connectivity index (χ1) is 11.0. The van der Waals surface area contributed by atoms with E-state index in [0.717, 1.165) is 5.56 Å². The third-order valence-corrected chi connectivity index (χ3v) is 3.94. The van der Waals surface area contributed by atoms with Gasteiger partial charge in [-0.15, -0.1) is 0 Å². The van der Waals surface area contributed by atoms with Crippen molar-refractivity contribution in [2.24, 2.45) is 5.92 Å². The van der Waals surface area contributed by atoms with Gasteiger partial charge in [0.1, 0.15) is 0 Å². The van der Waals surface area contributed by atoms with Crippen molar-refractivity contribution in [1.82, 2.24) is 10.6 Å². The fourth-order valence-corrected chi connectivity index (χ4v) is 2.79. The van der Waals surface area contributed by atoms with Gasteiger partial charge in [-0.25, -0.2) is 0 Å². The summed E-state index contributed by atoms with van der Waals surface area (Å²) in [5.74, 6) is 0.547. The number of carbonyl (C=O) groups excluding carboxylic acids is 2. The zero-order chi connectivity index (χ0) is 16.8. The Morgan fingerprint density at radius 1 is 1.48 bits per heavy atom. The average Bonchev–Trinajstić information content (AvgIpc) is 2.54. The lowest BCUT2D eigenvalue weighted by molar-refractivity contribution is -0.132. The van der Waals surface area contributed by atoms with Gasteiger partial charge in [-0.05, 0) is 31.0 Å². The number of nitrogens with one attached hydrogen (secondary N) is 2. The zero-order valence-electron chi connectivity index (χ0n) is 13.3. The Morgan fingerprint density at radius 2 is 2.26 bits per heavy atom. The fourth-order valence-electron chi connectivity index (χ4n) is 2.50. The quantitative estimate of drug-likeness (QED) is 0.829. The molecule has 0 saturated carbocycles.